The van der Waals surface area contributed by atoms with Gasteiger partial charge < -0.3 is 20.5 Å². The third kappa shape index (κ3) is 1.79. The summed E-state index contributed by atoms with van der Waals surface area (Å²) in [6.45, 7) is 0.568. The van der Waals surface area contributed by atoms with Gasteiger partial charge in [-0.3, -0.25) is 0 Å². The van der Waals surface area contributed by atoms with E-state index in [-0.39, 0.29) is 0 Å². The number of fused-ring (bicyclic) bond motifs is 1. The fraction of sp³-hybridized carbons (Fsp3) is 0.417. The Hall–Kier alpha value is -1.46. The standard InChI is InChI=1S/C12H15ClN2O3/c1-15-4-3-12(14,11(16)17)7-5-10(18-2)8(13)6-9(7)15/h5-6H,3-4,14H2,1-2H3,(H,16,17). The van der Waals surface area contributed by atoms with Crippen molar-refractivity contribution in [1.82, 2.24) is 0 Å². The number of rotatable bonds is 2. The number of nitrogens with zero attached hydrogens (tertiary/aromatic N) is 1. The predicted octanol–water partition coefficient (Wildman–Crippen LogP) is 1.43. The van der Waals surface area contributed by atoms with Gasteiger partial charge in [-0.1, -0.05) is 11.6 Å². The minimum absolute atomic E-state index is 0.344. The third-order valence-electron chi connectivity index (χ3n) is 3.39. The maximum Gasteiger partial charge on any atom is 0.328 e. The normalized spacial score (nSPS) is 22.6. The molecule has 5 nitrogen and oxygen atoms in total. The van der Waals surface area contributed by atoms with Crippen LogP contribution in [0.4, 0.5) is 5.69 Å². The Balaban J connectivity index is 2.67. The molecule has 1 aromatic carbocycles. The molecule has 18 heavy (non-hydrogen) atoms. The molecule has 0 bridgehead atoms. The molecule has 0 aromatic heterocycles. The van der Waals surface area contributed by atoms with Crippen molar-refractivity contribution in [3.63, 3.8) is 0 Å². The zero-order chi connectivity index (χ0) is 13.5. The van der Waals surface area contributed by atoms with Gasteiger partial charge in [0, 0.05) is 24.8 Å². The monoisotopic (exact) mass is 270 g/mol. The van der Waals surface area contributed by atoms with Crippen molar-refractivity contribution < 1.29 is 14.6 Å². The highest BCUT2D eigenvalue weighted by atomic mass is 35.5. The van der Waals surface area contributed by atoms with Crippen LogP contribution in [0.25, 0.3) is 0 Å². The molecule has 6 heteroatoms. The van der Waals surface area contributed by atoms with Crippen LogP contribution in [0.2, 0.25) is 5.02 Å². The van der Waals surface area contributed by atoms with E-state index < -0.39 is 11.5 Å². The molecule has 1 aliphatic rings. The van der Waals surface area contributed by atoms with Gasteiger partial charge in [0.05, 0.1) is 12.1 Å². The highest BCUT2D eigenvalue weighted by molar-refractivity contribution is 6.32. The van der Waals surface area contributed by atoms with Gasteiger partial charge in [0.2, 0.25) is 0 Å². The molecular formula is C12H15ClN2O3. The summed E-state index contributed by atoms with van der Waals surface area (Å²) in [5, 5.41) is 9.79. The molecule has 0 spiro atoms. The van der Waals surface area contributed by atoms with Gasteiger partial charge in [-0.05, 0) is 18.6 Å². The van der Waals surface area contributed by atoms with Crippen molar-refractivity contribution in [1.29, 1.82) is 0 Å². The van der Waals surface area contributed by atoms with E-state index in [0.717, 1.165) is 5.69 Å². The molecule has 0 saturated carbocycles. The number of anilines is 1. The van der Waals surface area contributed by atoms with E-state index in [1.807, 2.05) is 11.9 Å². The molecule has 1 unspecified atom stereocenters. The number of carbonyl (C=O) groups is 1. The average Bonchev–Trinajstić information content (AvgIpc) is 2.33. The maximum absolute atomic E-state index is 11.4. The highest BCUT2D eigenvalue weighted by Crippen LogP contribution is 2.41. The lowest BCUT2D eigenvalue weighted by molar-refractivity contribution is -0.144. The van der Waals surface area contributed by atoms with Gasteiger partial charge in [-0.15, -0.1) is 0 Å². The van der Waals surface area contributed by atoms with E-state index in [1.165, 1.54) is 7.11 Å². The van der Waals surface area contributed by atoms with Crippen LogP contribution < -0.4 is 15.4 Å². The lowest BCUT2D eigenvalue weighted by atomic mass is 9.83. The first-order valence-electron chi connectivity index (χ1n) is 5.51. The fourth-order valence-corrected chi connectivity index (χ4v) is 2.43. The van der Waals surface area contributed by atoms with Crippen molar-refractivity contribution in [3.05, 3.63) is 22.7 Å². The van der Waals surface area contributed by atoms with Gasteiger partial charge in [0.25, 0.3) is 0 Å². The SMILES string of the molecule is COc1cc2c(cc1Cl)N(C)CCC2(N)C(=O)O. The van der Waals surface area contributed by atoms with E-state index in [4.69, 9.17) is 22.1 Å². The quantitative estimate of drug-likeness (QED) is 0.850. The number of halogens is 1. The van der Waals surface area contributed by atoms with Crippen molar-refractivity contribution in [3.8, 4) is 5.75 Å². The summed E-state index contributed by atoms with van der Waals surface area (Å²) in [7, 11) is 3.36. The Kier molecular flexibility index (Phi) is 3.12. The van der Waals surface area contributed by atoms with Crippen molar-refractivity contribution >= 4 is 23.3 Å². The van der Waals surface area contributed by atoms with Crippen LogP contribution in [0.5, 0.6) is 5.75 Å². The van der Waals surface area contributed by atoms with Crippen molar-refractivity contribution in [2.75, 3.05) is 25.6 Å². The molecule has 1 aromatic rings. The molecule has 0 radical (unpaired) electrons. The van der Waals surface area contributed by atoms with E-state index in [9.17, 15) is 9.90 Å². The molecule has 2 rings (SSSR count). The van der Waals surface area contributed by atoms with Crippen molar-refractivity contribution in [2.45, 2.75) is 12.0 Å². The summed E-state index contributed by atoms with van der Waals surface area (Å²) < 4.78 is 5.12. The average molecular weight is 271 g/mol. The van der Waals surface area contributed by atoms with Crippen LogP contribution in [-0.4, -0.2) is 31.8 Å². The number of hydrogen-bond acceptors (Lipinski definition) is 4. The molecule has 1 aliphatic heterocycles. The first-order valence-corrected chi connectivity index (χ1v) is 5.89. The zero-order valence-corrected chi connectivity index (χ0v) is 11.0. The summed E-state index contributed by atoms with van der Waals surface area (Å²) in [5.41, 5.74) is 5.90. The number of benzene rings is 1. The van der Waals surface area contributed by atoms with Gasteiger partial charge in [-0.2, -0.15) is 0 Å². The van der Waals surface area contributed by atoms with Crippen LogP contribution in [-0.2, 0) is 10.3 Å². The lowest BCUT2D eigenvalue weighted by Gasteiger charge is -2.37. The largest absolute Gasteiger partial charge is 0.495 e. The van der Waals surface area contributed by atoms with Gasteiger partial charge in [0.15, 0.2) is 0 Å². The summed E-state index contributed by atoms with van der Waals surface area (Å²) in [4.78, 5) is 13.4. The van der Waals surface area contributed by atoms with Crippen LogP contribution in [0.3, 0.4) is 0 Å². The maximum atomic E-state index is 11.4. The fourth-order valence-electron chi connectivity index (χ4n) is 2.19. The Labute approximate surface area is 110 Å². The molecule has 0 fully saturated rings. The molecule has 0 saturated heterocycles. The van der Waals surface area contributed by atoms with Gasteiger partial charge >= 0.3 is 5.97 Å². The Morgan fingerprint density at radius 3 is 2.83 bits per heavy atom. The van der Waals surface area contributed by atoms with E-state index in [1.54, 1.807) is 12.1 Å². The Bertz CT molecular complexity index is 506. The number of carboxylic acid groups (broad SMARTS) is 1. The molecule has 3 N–H and O–H groups in total. The zero-order valence-electron chi connectivity index (χ0n) is 10.2. The van der Waals surface area contributed by atoms with E-state index in [0.29, 0.717) is 29.3 Å². The predicted molar refractivity (Wildman–Crippen MR) is 69.4 cm³/mol. The lowest BCUT2D eigenvalue weighted by Crippen LogP contribution is -2.50. The minimum atomic E-state index is -1.39. The molecule has 1 heterocycles. The van der Waals surface area contributed by atoms with Crippen molar-refractivity contribution in [2.24, 2.45) is 5.73 Å². The van der Waals surface area contributed by atoms with E-state index in [2.05, 4.69) is 0 Å². The second-order valence-corrected chi connectivity index (χ2v) is 4.86. The van der Waals surface area contributed by atoms with Crippen LogP contribution in [0.15, 0.2) is 12.1 Å². The highest BCUT2D eigenvalue weighted by Gasteiger charge is 2.42. The Morgan fingerprint density at radius 1 is 1.61 bits per heavy atom. The third-order valence-corrected chi connectivity index (χ3v) is 3.68. The second-order valence-electron chi connectivity index (χ2n) is 4.45. The van der Waals surface area contributed by atoms with Gasteiger partial charge in [0.1, 0.15) is 11.3 Å². The van der Waals surface area contributed by atoms with Crippen LogP contribution in [0, 0.1) is 0 Å². The second kappa shape index (κ2) is 4.33. The number of hydrogen-bond donors (Lipinski definition) is 2. The van der Waals surface area contributed by atoms with E-state index >= 15 is 0 Å². The molecule has 98 valence electrons. The summed E-state index contributed by atoms with van der Waals surface area (Å²) in [6.07, 6.45) is 0.344. The number of carboxylic acids is 1. The Morgan fingerprint density at radius 2 is 2.28 bits per heavy atom. The summed E-state index contributed by atoms with van der Waals surface area (Å²) >= 11 is 6.06. The number of methoxy groups -OCH3 is 1. The van der Waals surface area contributed by atoms with Gasteiger partial charge in [-0.25, -0.2) is 4.79 Å². The smallest absolute Gasteiger partial charge is 0.328 e. The summed E-state index contributed by atoms with van der Waals surface area (Å²) in [6, 6.07) is 3.31. The number of ether oxygens (including phenoxy) is 1. The van der Waals surface area contributed by atoms with Crippen LogP contribution >= 0.6 is 11.6 Å². The van der Waals surface area contributed by atoms with Crippen LogP contribution in [0.1, 0.15) is 12.0 Å². The molecular weight excluding hydrogens is 256 g/mol. The molecule has 1 atom stereocenters. The molecule has 0 amide bonds. The first kappa shape index (κ1) is 13.0. The molecule has 0 aliphatic carbocycles. The number of aliphatic carboxylic acids is 1. The number of nitrogens with two attached hydrogens (primary N) is 1. The topological polar surface area (TPSA) is 75.8 Å². The first-order chi connectivity index (χ1) is 8.40. The summed E-state index contributed by atoms with van der Waals surface area (Å²) in [5.74, 6) is -0.608. The minimum Gasteiger partial charge on any atom is -0.495 e.